The van der Waals surface area contributed by atoms with Crippen molar-refractivity contribution in [3.63, 3.8) is 0 Å². The molecule has 0 spiro atoms. The number of allylic oxidation sites excluding steroid dienone is 4. The van der Waals surface area contributed by atoms with Crippen LogP contribution in [0.5, 0.6) is 0 Å². The van der Waals surface area contributed by atoms with Gasteiger partial charge in [-0.2, -0.15) is 0 Å². The average molecular weight is 435 g/mol. The molecule has 4 aliphatic rings. The summed E-state index contributed by atoms with van der Waals surface area (Å²) in [5.74, 6) is -2.06. The molecular formula is C24H31FO6. The second-order valence-corrected chi connectivity index (χ2v) is 10.1. The fourth-order valence-corrected chi connectivity index (χ4v) is 7.40. The summed E-state index contributed by atoms with van der Waals surface area (Å²) in [7, 11) is 0. The minimum Gasteiger partial charge on any atom is -0.450 e. The first-order valence-corrected chi connectivity index (χ1v) is 11.2. The second-order valence-electron chi connectivity index (χ2n) is 10.1. The van der Waals surface area contributed by atoms with Crippen LogP contribution in [-0.4, -0.2) is 52.2 Å². The van der Waals surface area contributed by atoms with Gasteiger partial charge in [0.1, 0.15) is 12.8 Å². The van der Waals surface area contributed by atoms with Crippen molar-refractivity contribution in [1.29, 1.82) is 0 Å². The molecule has 1 unspecified atom stereocenters. The van der Waals surface area contributed by atoms with Gasteiger partial charge < -0.3 is 14.9 Å². The van der Waals surface area contributed by atoms with Gasteiger partial charge in [-0.25, -0.2) is 4.39 Å². The molecule has 4 rings (SSSR count). The molecule has 6 nitrogen and oxygen atoms in total. The van der Waals surface area contributed by atoms with Crippen LogP contribution >= 0.6 is 0 Å². The first kappa shape index (κ1) is 22.3. The summed E-state index contributed by atoms with van der Waals surface area (Å²) in [5.41, 5.74) is -2.81. The zero-order chi connectivity index (χ0) is 22.8. The largest absolute Gasteiger partial charge is 0.450 e. The summed E-state index contributed by atoms with van der Waals surface area (Å²) in [4.78, 5) is 37.1. The number of halogens is 1. The highest BCUT2D eigenvalue weighted by molar-refractivity contribution is 6.01. The van der Waals surface area contributed by atoms with Gasteiger partial charge in [-0.05, 0) is 55.2 Å². The number of Topliss-reactive ketones (excluding diaryl/α,β-unsaturated/α-hetero) is 1. The van der Waals surface area contributed by atoms with Crippen LogP contribution in [0.25, 0.3) is 0 Å². The van der Waals surface area contributed by atoms with E-state index in [4.69, 9.17) is 4.74 Å². The molecule has 2 N–H and O–H groups in total. The summed E-state index contributed by atoms with van der Waals surface area (Å²) in [6, 6.07) is 0. The van der Waals surface area contributed by atoms with E-state index >= 15 is 4.39 Å². The molecule has 7 heteroatoms. The van der Waals surface area contributed by atoms with E-state index in [0.717, 1.165) is 0 Å². The van der Waals surface area contributed by atoms with Crippen LogP contribution in [0.4, 0.5) is 4.39 Å². The van der Waals surface area contributed by atoms with Gasteiger partial charge in [0.2, 0.25) is 5.78 Å². The number of alkyl halides is 1. The lowest BCUT2D eigenvalue weighted by atomic mass is 9.46. The van der Waals surface area contributed by atoms with Crippen molar-refractivity contribution >= 4 is 17.5 Å². The van der Waals surface area contributed by atoms with Crippen LogP contribution in [0, 0.1) is 28.6 Å². The zero-order valence-electron chi connectivity index (χ0n) is 18.3. The summed E-state index contributed by atoms with van der Waals surface area (Å²) in [6.45, 7) is 4.59. The van der Waals surface area contributed by atoms with E-state index in [0.29, 0.717) is 12.0 Å². The van der Waals surface area contributed by atoms with Gasteiger partial charge in [0.05, 0.1) is 6.10 Å². The molecule has 4 aliphatic carbocycles. The second kappa shape index (κ2) is 7.34. The lowest BCUT2D eigenvalue weighted by Crippen LogP contribution is -2.63. The Labute approximate surface area is 181 Å². The quantitative estimate of drug-likeness (QED) is 0.660. The Morgan fingerprint density at radius 1 is 1.32 bits per heavy atom. The van der Waals surface area contributed by atoms with Gasteiger partial charge >= 0.3 is 5.97 Å². The van der Waals surface area contributed by atoms with Crippen LogP contribution in [0.3, 0.4) is 0 Å². The van der Waals surface area contributed by atoms with Crippen LogP contribution in [0.15, 0.2) is 23.8 Å². The monoisotopic (exact) mass is 434 g/mol. The standard InChI is InChI=1S/C24H31FO6/c1-4-20(30)31-24(19(29)12-26)8-6-15-14-10-17(25)16-9-13(27)5-7-22(16,2)21(14)18(28)11-23(15,24)3/h5,7,9,14-15,17-18,21,26,28H,4,6,8,10-12H2,1-3H3/t14-,15-,17?,18-,21+,22-,23-,24+/m0/s1. The van der Waals surface area contributed by atoms with Crippen LogP contribution in [0.1, 0.15) is 52.9 Å². The normalized spacial score (nSPS) is 45.9. The topological polar surface area (TPSA) is 101 Å². The molecule has 0 amide bonds. The third kappa shape index (κ3) is 2.92. The van der Waals surface area contributed by atoms with Gasteiger partial charge in [-0.15, -0.1) is 0 Å². The number of hydrogen-bond donors (Lipinski definition) is 2. The highest BCUT2D eigenvalue weighted by Crippen LogP contribution is 2.68. The van der Waals surface area contributed by atoms with Crippen molar-refractivity contribution in [2.24, 2.45) is 28.6 Å². The number of esters is 1. The van der Waals surface area contributed by atoms with E-state index in [1.54, 1.807) is 13.0 Å². The van der Waals surface area contributed by atoms with Gasteiger partial charge in [0, 0.05) is 23.2 Å². The SMILES string of the molecule is CCC(=O)O[C@@]1(C(=O)CO)CC[C@H]2[C@@H]3CC(F)C4=CC(=O)C=C[C@]4(C)[C@H]3[C@@H](O)C[C@@]21C. The molecule has 170 valence electrons. The van der Waals surface area contributed by atoms with E-state index in [-0.39, 0.29) is 49.2 Å². The number of fused-ring (bicyclic) bond motifs is 5. The third-order valence-electron chi connectivity index (χ3n) is 8.77. The number of hydrogen-bond acceptors (Lipinski definition) is 6. The fourth-order valence-electron chi connectivity index (χ4n) is 7.40. The number of aliphatic hydroxyl groups is 2. The van der Waals surface area contributed by atoms with Crippen molar-refractivity contribution in [1.82, 2.24) is 0 Å². The van der Waals surface area contributed by atoms with E-state index in [1.807, 2.05) is 13.8 Å². The number of ether oxygens (including phenoxy) is 1. The van der Waals surface area contributed by atoms with Crippen molar-refractivity contribution in [3.05, 3.63) is 23.8 Å². The van der Waals surface area contributed by atoms with Crippen molar-refractivity contribution in [2.75, 3.05) is 6.61 Å². The van der Waals surface area contributed by atoms with E-state index < -0.39 is 47.1 Å². The van der Waals surface area contributed by atoms with Gasteiger partial charge in [0.25, 0.3) is 0 Å². The van der Waals surface area contributed by atoms with Gasteiger partial charge in [0.15, 0.2) is 11.4 Å². The van der Waals surface area contributed by atoms with E-state index in [1.165, 1.54) is 12.2 Å². The number of carbonyl (C=O) groups excluding carboxylic acids is 3. The maximum absolute atomic E-state index is 15.4. The molecular weight excluding hydrogens is 403 g/mol. The summed E-state index contributed by atoms with van der Waals surface area (Å²) in [5, 5.41) is 21.1. The molecule has 3 saturated carbocycles. The Hall–Kier alpha value is -1.86. The van der Waals surface area contributed by atoms with E-state index in [9.17, 15) is 24.6 Å². The number of ketones is 2. The highest BCUT2D eigenvalue weighted by atomic mass is 19.1. The molecule has 0 aromatic rings. The third-order valence-corrected chi connectivity index (χ3v) is 8.77. The minimum absolute atomic E-state index is 0.0907. The first-order chi connectivity index (χ1) is 14.5. The van der Waals surface area contributed by atoms with Crippen molar-refractivity contribution in [3.8, 4) is 0 Å². The number of carbonyl (C=O) groups is 3. The zero-order valence-corrected chi connectivity index (χ0v) is 18.3. The molecule has 0 aliphatic heterocycles. The molecule has 0 aromatic heterocycles. The molecule has 0 bridgehead atoms. The van der Waals surface area contributed by atoms with Gasteiger partial charge in [-0.3, -0.25) is 14.4 Å². The van der Waals surface area contributed by atoms with Crippen molar-refractivity contribution < 1.29 is 33.7 Å². The predicted molar refractivity (Wildman–Crippen MR) is 109 cm³/mol. The molecule has 0 heterocycles. The number of rotatable bonds is 4. The molecule has 31 heavy (non-hydrogen) atoms. The maximum atomic E-state index is 15.4. The van der Waals surface area contributed by atoms with Crippen molar-refractivity contribution in [2.45, 2.75) is 70.8 Å². The highest BCUT2D eigenvalue weighted by Gasteiger charge is 2.70. The summed E-state index contributed by atoms with van der Waals surface area (Å²) < 4.78 is 21.1. The predicted octanol–water partition coefficient (Wildman–Crippen LogP) is 2.47. The van der Waals surface area contributed by atoms with Crippen LogP contribution in [-0.2, 0) is 19.1 Å². The lowest BCUT2D eigenvalue weighted by molar-refractivity contribution is -0.201. The maximum Gasteiger partial charge on any atom is 0.306 e. The lowest BCUT2D eigenvalue weighted by Gasteiger charge is -2.60. The Morgan fingerprint density at radius 2 is 2.03 bits per heavy atom. The summed E-state index contributed by atoms with van der Waals surface area (Å²) >= 11 is 0. The molecule has 0 radical (unpaired) electrons. The molecule has 3 fully saturated rings. The van der Waals surface area contributed by atoms with E-state index in [2.05, 4.69) is 0 Å². The van der Waals surface area contributed by atoms with Gasteiger partial charge in [-0.1, -0.05) is 26.8 Å². The molecule has 8 atom stereocenters. The summed E-state index contributed by atoms with van der Waals surface area (Å²) in [6.07, 6.45) is 3.54. The number of aliphatic hydroxyl groups excluding tert-OH is 2. The fraction of sp³-hybridized carbons (Fsp3) is 0.708. The average Bonchev–Trinajstić information content (AvgIpc) is 3.01. The smallest absolute Gasteiger partial charge is 0.306 e. The Bertz CT molecular complexity index is 879. The first-order valence-electron chi connectivity index (χ1n) is 11.2. The Kier molecular flexibility index (Phi) is 5.29. The Morgan fingerprint density at radius 3 is 2.68 bits per heavy atom. The van der Waals surface area contributed by atoms with Crippen LogP contribution < -0.4 is 0 Å². The minimum atomic E-state index is -1.52. The Balaban J connectivity index is 1.79. The molecule has 0 saturated heterocycles. The van der Waals surface area contributed by atoms with Crippen LogP contribution in [0.2, 0.25) is 0 Å². The molecule has 0 aromatic carbocycles.